The van der Waals surface area contributed by atoms with Crippen LogP contribution in [0.1, 0.15) is 57.3 Å². The fourth-order valence-corrected chi connectivity index (χ4v) is 6.81. The number of thiophene rings is 1. The van der Waals surface area contributed by atoms with E-state index in [1.165, 1.54) is 39.4 Å². The Balaban J connectivity index is 1.50. The summed E-state index contributed by atoms with van der Waals surface area (Å²) >= 11 is 1.92. The molecule has 4 aromatic rings. The maximum absolute atomic E-state index is 13.9. The summed E-state index contributed by atoms with van der Waals surface area (Å²) in [5.41, 5.74) is 8.26. The first kappa shape index (κ1) is 21.2. The molecule has 1 unspecified atom stereocenters. The zero-order chi connectivity index (χ0) is 23.2. The van der Waals surface area contributed by atoms with Gasteiger partial charge in [-0.2, -0.15) is 0 Å². The van der Waals surface area contributed by atoms with E-state index < -0.39 is 0 Å². The number of nitrogens with one attached hydrogen (secondary N) is 1. The van der Waals surface area contributed by atoms with Crippen molar-refractivity contribution < 1.29 is 4.79 Å². The number of fused-ring (bicyclic) bond motifs is 5. The molecule has 2 aliphatic rings. The second-order valence-corrected chi connectivity index (χ2v) is 10.6. The van der Waals surface area contributed by atoms with Gasteiger partial charge in [0.1, 0.15) is 5.00 Å². The summed E-state index contributed by atoms with van der Waals surface area (Å²) in [4.78, 5) is 17.5. The lowest BCUT2D eigenvalue weighted by atomic mass is 9.95. The van der Waals surface area contributed by atoms with E-state index in [9.17, 15) is 4.79 Å². The van der Waals surface area contributed by atoms with Crippen LogP contribution in [0, 0.1) is 13.8 Å². The number of hydrogen-bond acceptors (Lipinski definition) is 2. The molecule has 1 aliphatic heterocycles. The lowest BCUT2D eigenvalue weighted by molar-refractivity contribution is 0.194. The Bertz CT molecular complexity index is 1360. The molecule has 6 rings (SSSR count). The van der Waals surface area contributed by atoms with E-state index in [0.29, 0.717) is 6.54 Å². The molecule has 5 heteroatoms. The van der Waals surface area contributed by atoms with Crippen LogP contribution in [0.4, 0.5) is 10.5 Å². The van der Waals surface area contributed by atoms with Crippen molar-refractivity contribution in [3.8, 4) is 5.00 Å². The van der Waals surface area contributed by atoms with Gasteiger partial charge in [-0.15, -0.1) is 11.3 Å². The zero-order valence-corrected chi connectivity index (χ0v) is 20.5. The predicted octanol–water partition coefficient (Wildman–Crippen LogP) is 7.17. The molecule has 1 N–H and O–H groups in total. The molecular formula is C29H29N3OS. The van der Waals surface area contributed by atoms with E-state index in [4.69, 9.17) is 0 Å². The van der Waals surface area contributed by atoms with Crippen molar-refractivity contribution in [2.75, 3.05) is 5.32 Å². The molecular weight excluding hydrogens is 438 g/mol. The summed E-state index contributed by atoms with van der Waals surface area (Å²) in [5.74, 6) is 0. The van der Waals surface area contributed by atoms with Crippen LogP contribution >= 0.6 is 11.3 Å². The minimum absolute atomic E-state index is 0.0625. The van der Waals surface area contributed by atoms with Gasteiger partial charge in [-0.3, -0.25) is 0 Å². The molecule has 2 amide bonds. The Morgan fingerprint density at radius 1 is 0.941 bits per heavy atom. The molecule has 2 aromatic carbocycles. The highest BCUT2D eigenvalue weighted by molar-refractivity contribution is 7.15. The van der Waals surface area contributed by atoms with Crippen molar-refractivity contribution >= 4 is 23.1 Å². The van der Waals surface area contributed by atoms with Crippen molar-refractivity contribution in [3.63, 3.8) is 0 Å². The summed E-state index contributed by atoms with van der Waals surface area (Å²) in [6, 6.07) is 20.7. The Morgan fingerprint density at radius 3 is 2.59 bits per heavy atom. The molecule has 0 saturated heterocycles. The number of urea groups is 1. The fourth-order valence-electron chi connectivity index (χ4n) is 5.40. The predicted molar refractivity (Wildman–Crippen MR) is 139 cm³/mol. The number of aromatic nitrogens is 1. The van der Waals surface area contributed by atoms with E-state index in [1.54, 1.807) is 0 Å². The third-order valence-corrected chi connectivity index (χ3v) is 8.44. The first-order valence-electron chi connectivity index (χ1n) is 12.1. The van der Waals surface area contributed by atoms with Gasteiger partial charge in [0, 0.05) is 22.3 Å². The van der Waals surface area contributed by atoms with Gasteiger partial charge in [-0.05, 0) is 80.5 Å². The number of benzene rings is 2. The molecule has 0 spiro atoms. The van der Waals surface area contributed by atoms with Gasteiger partial charge >= 0.3 is 6.03 Å². The van der Waals surface area contributed by atoms with Crippen LogP contribution in [0.5, 0.6) is 0 Å². The van der Waals surface area contributed by atoms with Crippen LogP contribution in [0.15, 0.2) is 66.9 Å². The van der Waals surface area contributed by atoms with E-state index in [2.05, 4.69) is 59.4 Å². The second kappa shape index (κ2) is 8.48. The minimum atomic E-state index is -0.167. The highest BCUT2D eigenvalue weighted by Crippen LogP contribution is 2.44. The van der Waals surface area contributed by atoms with Crippen LogP contribution in [0.3, 0.4) is 0 Å². The number of nitrogens with zero attached hydrogens (tertiary/aromatic N) is 2. The molecule has 0 bridgehead atoms. The van der Waals surface area contributed by atoms with Gasteiger partial charge in [-0.25, -0.2) is 4.79 Å². The normalized spacial score (nSPS) is 16.9. The van der Waals surface area contributed by atoms with Crippen molar-refractivity contribution in [2.45, 2.75) is 52.1 Å². The summed E-state index contributed by atoms with van der Waals surface area (Å²) < 4.78 is 2.34. The van der Waals surface area contributed by atoms with Crippen LogP contribution in [-0.2, 0) is 19.4 Å². The number of carbonyl (C=O) groups excluding carboxylic acids is 1. The molecule has 1 atom stereocenters. The van der Waals surface area contributed by atoms with Gasteiger partial charge in [0.05, 0.1) is 18.3 Å². The molecule has 0 radical (unpaired) electrons. The smallest absolute Gasteiger partial charge is 0.310 e. The molecule has 3 heterocycles. The fraction of sp³-hybridized carbons (Fsp3) is 0.276. The van der Waals surface area contributed by atoms with E-state index >= 15 is 0 Å². The van der Waals surface area contributed by atoms with Gasteiger partial charge in [0.15, 0.2) is 0 Å². The van der Waals surface area contributed by atoms with Gasteiger partial charge in [0.2, 0.25) is 0 Å². The SMILES string of the molecule is Cc1ccc(C2c3cccn3-c3sc4c(c3CN2C(=O)Nc2cccc(C)c2)CCCC4)cc1. The van der Waals surface area contributed by atoms with Crippen LogP contribution in [0.25, 0.3) is 5.00 Å². The lowest BCUT2D eigenvalue weighted by Gasteiger charge is -2.31. The average Bonchev–Trinajstić information content (AvgIpc) is 3.42. The number of carbonyl (C=O) groups is 1. The van der Waals surface area contributed by atoms with Gasteiger partial charge in [-0.1, -0.05) is 42.0 Å². The average molecular weight is 468 g/mol. The second-order valence-electron chi connectivity index (χ2n) is 9.54. The summed E-state index contributed by atoms with van der Waals surface area (Å²) in [5, 5.41) is 4.49. The lowest BCUT2D eigenvalue weighted by Crippen LogP contribution is -2.38. The molecule has 172 valence electrons. The van der Waals surface area contributed by atoms with Crippen molar-refractivity contribution in [2.24, 2.45) is 0 Å². The Labute approximate surface area is 204 Å². The van der Waals surface area contributed by atoms with Crippen molar-refractivity contribution in [1.29, 1.82) is 0 Å². The third kappa shape index (κ3) is 3.64. The van der Waals surface area contributed by atoms with E-state index in [0.717, 1.165) is 35.3 Å². The maximum atomic E-state index is 13.9. The number of amides is 2. The Kier molecular flexibility index (Phi) is 5.30. The summed E-state index contributed by atoms with van der Waals surface area (Å²) in [6.45, 7) is 4.76. The van der Waals surface area contributed by atoms with E-state index in [1.807, 2.05) is 47.4 Å². The molecule has 0 saturated carbocycles. The number of anilines is 1. The van der Waals surface area contributed by atoms with Crippen LogP contribution in [-0.4, -0.2) is 15.5 Å². The summed E-state index contributed by atoms with van der Waals surface area (Å²) in [7, 11) is 0. The molecule has 34 heavy (non-hydrogen) atoms. The highest BCUT2D eigenvalue weighted by atomic mass is 32.1. The topological polar surface area (TPSA) is 37.3 Å². The van der Waals surface area contributed by atoms with Gasteiger partial charge < -0.3 is 14.8 Å². The largest absolute Gasteiger partial charge is 0.322 e. The highest BCUT2D eigenvalue weighted by Gasteiger charge is 2.36. The first-order valence-corrected chi connectivity index (χ1v) is 12.9. The van der Waals surface area contributed by atoms with Crippen LogP contribution < -0.4 is 5.32 Å². The zero-order valence-electron chi connectivity index (χ0n) is 19.7. The Morgan fingerprint density at radius 2 is 1.76 bits per heavy atom. The molecule has 2 aromatic heterocycles. The van der Waals surface area contributed by atoms with Crippen molar-refractivity contribution in [3.05, 3.63) is 105 Å². The number of aryl methyl sites for hydroxylation is 3. The first-order chi connectivity index (χ1) is 16.6. The number of hydrogen-bond donors (Lipinski definition) is 1. The monoisotopic (exact) mass is 467 g/mol. The van der Waals surface area contributed by atoms with Crippen LogP contribution in [0.2, 0.25) is 0 Å². The quantitative estimate of drug-likeness (QED) is 0.333. The molecule has 4 nitrogen and oxygen atoms in total. The minimum Gasteiger partial charge on any atom is -0.310 e. The van der Waals surface area contributed by atoms with E-state index in [-0.39, 0.29) is 12.1 Å². The number of rotatable bonds is 2. The molecule has 0 fully saturated rings. The Hall–Kier alpha value is -3.31. The maximum Gasteiger partial charge on any atom is 0.322 e. The van der Waals surface area contributed by atoms with Gasteiger partial charge in [0.25, 0.3) is 0 Å². The van der Waals surface area contributed by atoms with Crippen molar-refractivity contribution in [1.82, 2.24) is 9.47 Å². The standard InChI is InChI=1S/C29H29N3OS/c1-19-12-14-21(15-13-19)27-25-10-6-16-31(25)28-24(23-9-3-4-11-26(23)34-28)18-32(27)29(33)30-22-8-5-7-20(2)17-22/h5-8,10,12-17,27H,3-4,9,11,18H2,1-2H3,(H,30,33). The molecule has 1 aliphatic carbocycles. The third-order valence-electron chi connectivity index (χ3n) is 7.10. The summed E-state index contributed by atoms with van der Waals surface area (Å²) in [6.07, 6.45) is 6.92.